The zero-order chi connectivity index (χ0) is 19.0. The normalized spacial score (nSPS) is 12.0. The Balaban J connectivity index is 2.41. The molecule has 0 aliphatic heterocycles. The summed E-state index contributed by atoms with van der Waals surface area (Å²) in [5.41, 5.74) is 11.6. The van der Waals surface area contributed by atoms with Crippen LogP contribution in [0.15, 0.2) is 30.3 Å². The molecule has 1 atom stereocenters. The van der Waals surface area contributed by atoms with Crippen LogP contribution in [0.1, 0.15) is 58.3 Å². The van der Waals surface area contributed by atoms with Crippen LogP contribution in [0.5, 0.6) is 5.75 Å². The summed E-state index contributed by atoms with van der Waals surface area (Å²) in [7, 11) is 0. The van der Waals surface area contributed by atoms with E-state index in [2.05, 4.69) is 6.92 Å². The number of benzene rings is 1. The Morgan fingerprint density at radius 3 is 2.46 bits per heavy atom. The molecule has 1 amide bonds. The van der Waals surface area contributed by atoms with Gasteiger partial charge < -0.3 is 21.1 Å². The van der Waals surface area contributed by atoms with Gasteiger partial charge in [0.1, 0.15) is 5.75 Å². The molecule has 1 aromatic rings. The van der Waals surface area contributed by atoms with Crippen molar-refractivity contribution < 1.29 is 9.53 Å². The summed E-state index contributed by atoms with van der Waals surface area (Å²) in [4.78, 5) is 14.6. The summed E-state index contributed by atoms with van der Waals surface area (Å²) in [5, 5.41) is 0. The van der Waals surface area contributed by atoms with E-state index >= 15 is 0 Å². The van der Waals surface area contributed by atoms with E-state index in [4.69, 9.17) is 16.2 Å². The van der Waals surface area contributed by atoms with E-state index in [1.54, 1.807) is 0 Å². The number of hydrogen-bond donors (Lipinski definition) is 2. The molecule has 0 bridgehead atoms. The van der Waals surface area contributed by atoms with E-state index in [9.17, 15) is 4.79 Å². The van der Waals surface area contributed by atoms with Crippen molar-refractivity contribution in [1.29, 1.82) is 0 Å². The van der Waals surface area contributed by atoms with E-state index < -0.39 is 6.04 Å². The lowest BCUT2D eigenvalue weighted by Crippen LogP contribution is -2.45. The average molecular weight is 364 g/mol. The lowest BCUT2D eigenvalue weighted by Gasteiger charge is -2.26. The monoisotopic (exact) mass is 363 g/mol. The molecule has 0 aliphatic rings. The fourth-order valence-corrected chi connectivity index (χ4v) is 2.89. The van der Waals surface area contributed by atoms with Gasteiger partial charge in [-0.1, -0.05) is 50.8 Å². The van der Waals surface area contributed by atoms with Crippen molar-refractivity contribution in [2.24, 2.45) is 11.5 Å². The average Bonchev–Trinajstić information content (AvgIpc) is 2.67. The molecule has 0 saturated heterocycles. The predicted molar refractivity (Wildman–Crippen MR) is 108 cm³/mol. The van der Waals surface area contributed by atoms with Crippen LogP contribution >= 0.6 is 0 Å². The lowest BCUT2D eigenvalue weighted by molar-refractivity contribution is -0.133. The number of nitrogens with two attached hydrogens (primary N) is 2. The summed E-state index contributed by atoms with van der Waals surface area (Å²) in [5.74, 6) is 0.935. The molecule has 0 fully saturated rings. The van der Waals surface area contributed by atoms with Crippen LogP contribution in [0.2, 0.25) is 0 Å². The van der Waals surface area contributed by atoms with Gasteiger partial charge in [0.2, 0.25) is 5.91 Å². The number of unbranched alkanes of at least 4 members (excludes halogenated alkanes) is 4. The molecule has 1 rings (SSSR count). The van der Waals surface area contributed by atoms with Gasteiger partial charge in [-0.3, -0.25) is 4.79 Å². The third-order valence-electron chi connectivity index (χ3n) is 4.46. The van der Waals surface area contributed by atoms with Crippen molar-refractivity contribution in [3.8, 4) is 5.75 Å². The van der Waals surface area contributed by atoms with Gasteiger partial charge in [-0.2, -0.15) is 0 Å². The van der Waals surface area contributed by atoms with Gasteiger partial charge in [0, 0.05) is 13.1 Å². The molecular formula is C21H37N3O2. The van der Waals surface area contributed by atoms with Gasteiger partial charge in [0.15, 0.2) is 0 Å². The largest absolute Gasteiger partial charge is 0.494 e. The molecule has 0 spiro atoms. The topological polar surface area (TPSA) is 81.6 Å². The van der Waals surface area contributed by atoms with Crippen molar-refractivity contribution in [2.75, 3.05) is 26.2 Å². The van der Waals surface area contributed by atoms with Crippen molar-refractivity contribution in [2.45, 2.75) is 64.3 Å². The number of para-hydroxylation sites is 1. The number of ether oxygens (including phenoxy) is 1. The van der Waals surface area contributed by atoms with Gasteiger partial charge in [-0.05, 0) is 44.4 Å². The molecule has 0 aromatic heterocycles. The second-order valence-corrected chi connectivity index (χ2v) is 6.79. The Kier molecular flexibility index (Phi) is 12.6. The van der Waals surface area contributed by atoms with Crippen molar-refractivity contribution in [3.05, 3.63) is 30.3 Å². The summed E-state index contributed by atoms with van der Waals surface area (Å²) >= 11 is 0. The molecule has 0 heterocycles. The minimum atomic E-state index is -0.414. The van der Waals surface area contributed by atoms with E-state index in [1.165, 1.54) is 12.8 Å². The molecule has 0 aliphatic carbocycles. The highest BCUT2D eigenvalue weighted by molar-refractivity contribution is 5.81. The summed E-state index contributed by atoms with van der Waals surface area (Å²) in [6, 6.07) is 9.36. The van der Waals surface area contributed by atoms with Crippen LogP contribution in [0.25, 0.3) is 0 Å². The fourth-order valence-electron chi connectivity index (χ4n) is 2.89. The molecule has 26 heavy (non-hydrogen) atoms. The fraction of sp³-hybridized carbons (Fsp3) is 0.667. The summed E-state index contributed by atoms with van der Waals surface area (Å²) in [6.07, 6.45) is 7.94. The number of amides is 1. The minimum absolute atomic E-state index is 0.0678. The molecule has 5 nitrogen and oxygen atoms in total. The van der Waals surface area contributed by atoms with Crippen LogP contribution in [0, 0.1) is 0 Å². The lowest BCUT2D eigenvalue weighted by atomic mass is 10.1. The van der Waals surface area contributed by atoms with Gasteiger partial charge in [-0.25, -0.2) is 0 Å². The maximum absolute atomic E-state index is 12.7. The van der Waals surface area contributed by atoms with Crippen LogP contribution < -0.4 is 16.2 Å². The first kappa shape index (κ1) is 22.5. The first-order valence-corrected chi connectivity index (χ1v) is 10.1. The van der Waals surface area contributed by atoms with E-state index in [0.717, 1.165) is 44.4 Å². The van der Waals surface area contributed by atoms with E-state index in [0.29, 0.717) is 26.1 Å². The van der Waals surface area contributed by atoms with Crippen molar-refractivity contribution in [3.63, 3.8) is 0 Å². The van der Waals surface area contributed by atoms with E-state index in [1.807, 2.05) is 35.2 Å². The van der Waals surface area contributed by atoms with Crippen LogP contribution in [0.4, 0.5) is 0 Å². The molecule has 148 valence electrons. The number of carbonyl (C=O) groups excluding carboxylic acids is 1. The second kappa shape index (κ2) is 14.6. The zero-order valence-electron chi connectivity index (χ0n) is 16.4. The molecular weight excluding hydrogens is 326 g/mol. The Hall–Kier alpha value is -1.59. The Morgan fingerprint density at radius 2 is 1.77 bits per heavy atom. The summed E-state index contributed by atoms with van der Waals surface area (Å²) < 4.78 is 5.74. The molecule has 5 heteroatoms. The highest BCUT2D eigenvalue weighted by Gasteiger charge is 2.20. The maximum atomic E-state index is 12.7. The Bertz CT molecular complexity index is 468. The molecule has 0 saturated carbocycles. The second-order valence-electron chi connectivity index (χ2n) is 6.79. The predicted octanol–water partition coefficient (Wildman–Crippen LogP) is 3.32. The number of hydrogen-bond acceptors (Lipinski definition) is 4. The third-order valence-corrected chi connectivity index (χ3v) is 4.46. The smallest absolute Gasteiger partial charge is 0.239 e. The van der Waals surface area contributed by atoms with E-state index in [-0.39, 0.29) is 5.91 Å². The Labute approximate surface area is 159 Å². The number of carbonyl (C=O) groups is 1. The number of rotatable bonds is 15. The van der Waals surface area contributed by atoms with Crippen molar-refractivity contribution >= 4 is 5.91 Å². The molecule has 0 unspecified atom stereocenters. The van der Waals surface area contributed by atoms with Gasteiger partial charge in [0.25, 0.3) is 0 Å². The third kappa shape index (κ3) is 9.78. The zero-order valence-corrected chi connectivity index (χ0v) is 16.4. The quantitative estimate of drug-likeness (QED) is 0.468. The SMILES string of the molecule is CCCCCCN(CCCOc1ccccc1)C(=O)[C@@H](N)CCCCN. The standard InChI is InChI=1S/C21H37N3O2/c1-2-3-4-10-16-24(21(25)20(23)14-8-9-15-22)17-11-18-26-19-12-6-5-7-13-19/h5-7,12-13,20H,2-4,8-11,14-18,22-23H2,1H3/t20-/m0/s1. The van der Waals surface area contributed by atoms with Crippen LogP contribution in [0.3, 0.4) is 0 Å². The van der Waals surface area contributed by atoms with Gasteiger partial charge in [0.05, 0.1) is 12.6 Å². The van der Waals surface area contributed by atoms with Crippen LogP contribution in [-0.2, 0) is 4.79 Å². The minimum Gasteiger partial charge on any atom is -0.494 e. The highest BCUT2D eigenvalue weighted by Crippen LogP contribution is 2.10. The first-order valence-electron chi connectivity index (χ1n) is 10.1. The van der Waals surface area contributed by atoms with Gasteiger partial charge in [-0.15, -0.1) is 0 Å². The molecule has 0 radical (unpaired) electrons. The highest BCUT2D eigenvalue weighted by atomic mass is 16.5. The van der Waals surface area contributed by atoms with Crippen molar-refractivity contribution in [1.82, 2.24) is 4.90 Å². The Morgan fingerprint density at radius 1 is 1.04 bits per heavy atom. The maximum Gasteiger partial charge on any atom is 0.239 e. The first-order chi connectivity index (χ1) is 12.7. The number of nitrogens with zero attached hydrogens (tertiary/aromatic N) is 1. The van der Waals surface area contributed by atoms with Crippen LogP contribution in [-0.4, -0.2) is 43.1 Å². The molecule has 1 aromatic carbocycles. The van der Waals surface area contributed by atoms with Gasteiger partial charge >= 0.3 is 0 Å². The molecule has 4 N–H and O–H groups in total. The summed E-state index contributed by atoms with van der Waals surface area (Å²) in [6.45, 7) is 4.93.